The fraction of sp³-hybridized carbons (Fsp3) is 0.167. The van der Waals surface area contributed by atoms with Gasteiger partial charge in [0.15, 0.2) is 5.78 Å². The SMILES string of the molecule is O=C1C=C(c2cccc(Cl)c2)CN(Cc2ccccc2)C1. The van der Waals surface area contributed by atoms with Crippen LogP contribution in [0.3, 0.4) is 0 Å². The van der Waals surface area contributed by atoms with Gasteiger partial charge in [-0.05, 0) is 34.9 Å². The summed E-state index contributed by atoms with van der Waals surface area (Å²) in [6, 6.07) is 17.9. The lowest BCUT2D eigenvalue weighted by Gasteiger charge is -2.26. The number of halogens is 1. The summed E-state index contributed by atoms with van der Waals surface area (Å²) in [5, 5.41) is 0.695. The molecule has 21 heavy (non-hydrogen) atoms. The third-order valence-electron chi connectivity index (χ3n) is 3.55. The van der Waals surface area contributed by atoms with E-state index in [9.17, 15) is 4.79 Å². The first kappa shape index (κ1) is 14.1. The van der Waals surface area contributed by atoms with Gasteiger partial charge in [-0.1, -0.05) is 54.1 Å². The van der Waals surface area contributed by atoms with Crippen molar-refractivity contribution in [2.24, 2.45) is 0 Å². The summed E-state index contributed by atoms with van der Waals surface area (Å²) >= 11 is 6.04. The van der Waals surface area contributed by atoms with Gasteiger partial charge < -0.3 is 0 Å². The van der Waals surface area contributed by atoms with Gasteiger partial charge in [0.2, 0.25) is 0 Å². The highest BCUT2D eigenvalue weighted by atomic mass is 35.5. The van der Waals surface area contributed by atoms with Crippen molar-refractivity contribution in [1.29, 1.82) is 0 Å². The summed E-state index contributed by atoms with van der Waals surface area (Å²) in [6.07, 6.45) is 1.74. The summed E-state index contributed by atoms with van der Waals surface area (Å²) in [7, 11) is 0. The van der Waals surface area contributed by atoms with Gasteiger partial charge in [-0.15, -0.1) is 0 Å². The molecule has 2 nitrogen and oxygen atoms in total. The van der Waals surface area contributed by atoms with Crippen molar-refractivity contribution in [3.63, 3.8) is 0 Å². The molecule has 0 aromatic heterocycles. The Labute approximate surface area is 129 Å². The highest BCUT2D eigenvalue weighted by Crippen LogP contribution is 2.23. The third kappa shape index (κ3) is 3.60. The van der Waals surface area contributed by atoms with E-state index in [-0.39, 0.29) is 5.78 Å². The number of hydrogen-bond donors (Lipinski definition) is 0. The van der Waals surface area contributed by atoms with Crippen LogP contribution in [-0.4, -0.2) is 23.8 Å². The fourth-order valence-electron chi connectivity index (χ4n) is 2.62. The van der Waals surface area contributed by atoms with Crippen molar-refractivity contribution in [2.75, 3.05) is 13.1 Å². The molecule has 2 aromatic carbocycles. The third-order valence-corrected chi connectivity index (χ3v) is 3.79. The number of nitrogens with zero attached hydrogens (tertiary/aromatic N) is 1. The van der Waals surface area contributed by atoms with Gasteiger partial charge >= 0.3 is 0 Å². The number of ketones is 1. The first-order valence-electron chi connectivity index (χ1n) is 6.96. The normalized spacial score (nSPS) is 15.9. The predicted octanol–water partition coefficient (Wildman–Crippen LogP) is 3.81. The van der Waals surface area contributed by atoms with Gasteiger partial charge in [0.25, 0.3) is 0 Å². The predicted molar refractivity (Wildman–Crippen MR) is 86.2 cm³/mol. The van der Waals surface area contributed by atoms with E-state index in [1.54, 1.807) is 6.08 Å². The quantitative estimate of drug-likeness (QED) is 0.858. The van der Waals surface area contributed by atoms with Crippen LogP contribution in [0.25, 0.3) is 5.57 Å². The van der Waals surface area contributed by atoms with Crippen LogP contribution in [0.4, 0.5) is 0 Å². The minimum absolute atomic E-state index is 0.146. The van der Waals surface area contributed by atoms with Gasteiger partial charge in [-0.25, -0.2) is 0 Å². The molecule has 0 saturated heterocycles. The summed E-state index contributed by atoms with van der Waals surface area (Å²) < 4.78 is 0. The molecule has 0 radical (unpaired) electrons. The van der Waals surface area contributed by atoms with Crippen LogP contribution >= 0.6 is 11.6 Å². The second kappa shape index (κ2) is 6.25. The molecule has 1 aliphatic rings. The van der Waals surface area contributed by atoms with Crippen LogP contribution in [-0.2, 0) is 11.3 Å². The number of carbonyl (C=O) groups is 1. The molecule has 0 bridgehead atoms. The molecule has 2 aromatic rings. The molecule has 0 saturated carbocycles. The van der Waals surface area contributed by atoms with Gasteiger partial charge in [-0.3, -0.25) is 9.69 Å². The van der Waals surface area contributed by atoms with Crippen LogP contribution in [0.2, 0.25) is 5.02 Å². The zero-order valence-electron chi connectivity index (χ0n) is 11.6. The van der Waals surface area contributed by atoms with Gasteiger partial charge in [0, 0.05) is 18.1 Å². The van der Waals surface area contributed by atoms with Crippen molar-refractivity contribution in [2.45, 2.75) is 6.54 Å². The zero-order chi connectivity index (χ0) is 14.7. The summed E-state index contributed by atoms with van der Waals surface area (Å²) in [5.74, 6) is 0.146. The van der Waals surface area contributed by atoms with E-state index in [0.29, 0.717) is 11.6 Å². The molecule has 3 heteroatoms. The van der Waals surface area contributed by atoms with Crippen LogP contribution in [0.5, 0.6) is 0 Å². The monoisotopic (exact) mass is 297 g/mol. The fourth-order valence-corrected chi connectivity index (χ4v) is 2.81. The maximum absolute atomic E-state index is 12.0. The Morgan fingerprint density at radius 1 is 1.00 bits per heavy atom. The van der Waals surface area contributed by atoms with E-state index in [0.717, 1.165) is 24.2 Å². The molecule has 3 rings (SSSR count). The second-order valence-corrected chi connectivity index (χ2v) is 5.71. The lowest BCUT2D eigenvalue weighted by Crippen LogP contribution is -2.34. The molecule has 0 atom stereocenters. The summed E-state index contributed by atoms with van der Waals surface area (Å²) in [5.41, 5.74) is 3.27. The number of rotatable bonds is 3. The average molecular weight is 298 g/mol. The topological polar surface area (TPSA) is 20.3 Å². The highest BCUT2D eigenvalue weighted by Gasteiger charge is 2.19. The van der Waals surface area contributed by atoms with E-state index in [4.69, 9.17) is 11.6 Å². The maximum Gasteiger partial charge on any atom is 0.170 e. The Morgan fingerprint density at radius 2 is 1.81 bits per heavy atom. The first-order valence-corrected chi connectivity index (χ1v) is 7.34. The minimum Gasteiger partial charge on any atom is -0.293 e. The Balaban J connectivity index is 1.79. The number of benzene rings is 2. The van der Waals surface area contributed by atoms with E-state index in [1.807, 2.05) is 42.5 Å². The Hall–Kier alpha value is -1.90. The van der Waals surface area contributed by atoms with Crippen molar-refractivity contribution in [3.05, 3.63) is 76.8 Å². The van der Waals surface area contributed by atoms with Crippen LogP contribution < -0.4 is 0 Å². The van der Waals surface area contributed by atoms with Crippen molar-refractivity contribution >= 4 is 23.0 Å². The van der Waals surface area contributed by atoms with Crippen molar-refractivity contribution < 1.29 is 4.79 Å². The van der Waals surface area contributed by atoms with Gasteiger partial charge in [-0.2, -0.15) is 0 Å². The van der Waals surface area contributed by atoms with Crippen LogP contribution in [0.15, 0.2) is 60.7 Å². The van der Waals surface area contributed by atoms with Crippen molar-refractivity contribution in [1.82, 2.24) is 4.90 Å². The summed E-state index contributed by atoms with van der Waals surface area (Å²) in [6.45, 7) is 2.02. The molecular formula is C18H16ClNO. The van der Waals surface area contributed by atoms with E-state index in [2.05, 4.69) is 17.0 Å². The minimum atomic E-state index is 0.146. The number of carbonyl (C=O) groups excluding carboxylic acids is 1. The van der Waals surface area contributed by atoms with Crippen LogP contribution in [0.1, 0.15) is 11.1 Å². The maximum atomic E-state index is 12.0. The first-order chi connectivity index (χ1) is 10.2. The molecule has 1 aliphatic heterocycles. The zero-order valence-corrected chi connectivity index (χ0v) is 12.4. The molecule has 0 fully saturated rings. The lowest BCUT2D eigenvalue weighted by molar-refractivity contribution is -0.116. The van der Waals surface area contributed by atoms with Crippen molar-refractivity contribution in [3.8, 4) is 0 Å². The Morgan fingerprint density at radius 3 is 2.57 bits per heavy atom. The van der Waals surface area contributed by atoms with E-state index < -0.39 is 0 Å². The van der Waals surface area contributed by atoms with Crippen LogP contribution in [0, 0.1) is 0 Å². The average Bonchev–Trinajstić information content (AvgIpc) is 2.48. The molecule has 0 spiro atoms. The second-order valence-electron chi connectivity index (χ2n) is 5.28. The molecule has 0 amide bonds. The molecular weight excluding hydrogens is 282 g/mol. The summed E-state index contributed by atoms with van der Waals surface area (Å²) in [4.78, 5) is 14.1. The molecule has 0 N–H and O–H groups in total. The Kier molecular flexibility index (Phi) is 4.18. The Bertz CT molecular complexity index is 679. The molecule has 0 aliphatic carbocycles. The van der Waals surface area contributed by atoms with Gasteiger partial charge in [0.1, 0.15) is 0 Å². The molecule has 106 valence electrons. The van der Waals surface area contributed by atoms with E-state index >= 15 is 0 Å². The highest BCUT2D eigenvalue weighted by molar-refractivity contribution is 6.30. The van der Waals surface area contributed by atoms with E-state index in [1.165, 1.54) is 5.56 Å². The molecule has 0 unspecified atom stereocenters. The molecule has 1 heterocycles. The standard InChI is InChI=1S/C18H16ClNO/c19-17-8-4-7-15(9-17)16-10-18(21)13-20(12-16)11-14-5-2-1-3-6-14/h1-10H,11-13H2. The van der Waals surface area contributed by atoms with Gasteiger partial charge in [0.05, 0.1) is 6.54 Å². The smallest absolute Gasteiger partial charge is 0.170 e. The lowest BCUT2D eigenvalue weighted by atomic mass is 10.00. The largest absolute Gasteiger partial charge is 0.293 e. The number of hydrogen-bond acceptors (Lipinski definition) is 2.